The number of carboxylic acid groups (broad SMARTS) is 1. The molecular weight excluding hydrogens is 666 g/mol. The number of hydrogen-bond acceptors (Lipinski definition) is 7. The molecule has 4 rings (SSSR count). The summed E-state index contributed by atoms with van der Waals surface area (Å²) in [5.74, 6) is -3.41. The number of nitrogens with zero attached hydrogens (tertiary/aromatic N) is 2. The van der Waals surface area contributed by atoms with Gasteiger partial charge in [-0.05, 0) is 55.2 Å². The van der Waals surface area contributed by atoms with Gasteiger partial charge in [0.1, 0.15) is 24.2 Å². The second kappa shape index (κ2) is 18.7. The van der Waals surface area contributed by atoms with Crippen molar-refractivity contribution in [3.63, 3.8) is 0 Å². The van der Waals surface area contributed by atoms with Gasteiger partial charge in [-0.1, -0.05) is 62.4 Å². The normalized spacial score (nSPS) is 16.5. The van der Waals surface area contributed by atoms with Crippen LogP contribution in [0.1, 0.15) is 57.1 Å². The van der Waals surface area contributed by atoms with Crippen molar-refractivity contribution in [3.05, 3.63) is 71.9 Å². The molecule has 1 saturated heterocycles. The van der Waals surface area contributed by atoms with Crippen LogP contribution in [0.5, 0.6) is 0 Å². The summed E-state index contributed by atoms with van der Waals surface area (Å²) in [7, 11) is 0. The first-order valence-electron chi connectivity index (χ1n) is 17.7. The van der Waals surface area contributed by atoms with Crippen molar-refractivity contribution >= 4 is 46.5 Å². The van der Waals surface area contributed by atoms with Crippen LogP contribution in [0, 0.1) is 5.92 Å². The van der Waals surface area contributed by atoms with Crippen molar-refractivity contribution in [1.82, 2.24) is 25.8 Å². The molecule has 0 unspecified atom stereocenters. The number of carbonyl (C=O) groups is 5. The lowest BCUT2D eigenvalue weighted by molar-refractivity contribution is -0.145. The maximum absolute atomic E-state index is 14.4. The zero-order chi connectivity index (χ0) is 37.8. The Balaban J connectivity index is 1.54. The van der Waals surface area contributed by atoms with Crippen molar-refractivity contribution in [2.45, 2.75) is 89.0 Å². The Bertz CT molecular complexity index is 1720. The van der Waals surface area contributed by atoms with Crippen LogP contribution < -0.4 is 33.2 Å². The molecule has 15 nitrogen and oxygen atoms in total. The SMILES string of the molecule is CC(C)C[C@H](NC(=O)[C@@H](N)CCCN=C(N)N)C(=O)N[C@@H](Cc1c[nH]c2ccccc12)C(=O)N1CCC[C@H]1C(=O)N[C@@H](Cc1ccccc1)C(=O)O. The van der Waals surface area contributed by atoms with Crippen molar-refractivity contribution in [3.8, 4) is 0 Å². The number of nitrogens with two attached hydrogens (primary N) is 3. The number of rotatable bonds is 18. The smallest absolute Gasteiger partial charge is 0.326 e. The van der Waals surface area contributed by atoms with E-state index in [2.05, 4.69) is 25.9 Å². The molecule has 0 spiro atoms. The lowest BCUT2D eigenvalue weighted by Crippen LogP contribution is -2.59. The van der Waals surface area contributed by atoms with E-state index in [4.69, 9.17) is 17.2 Å². The number of benzene rings is 2. The van der Waals surface area contributed by atoms with Gasteiger partial charge >= 0.3 is 5.97 Å². The third kappa shape index (κ3) is 11.0. The standard InChI is InChI=1S/C37H51N9O6/c1-22(2)18-28(43-32(47)26(38)13-8-16-41-37(39)40)33(48)44-29(20-24-21-42-27-14-7-6-12-25(24)27)35(50)46-17-9-15-31(46)34(49)45-30(36(51)52)19-23-10-4-3-5-11-23/h3-7,10-12,14,21-22,26,28-31,42H,8-9,13,15-20,38H2,1-2H3,(H,43,47)(H,44,48)(H,45,49)(H,51,52)(H4,39,40,41)/t26-,28-,29-,30-,31-/m0/s1. The number of aliphatic imine (C=N–C) groups is 1. The number of nitrogens with one attached hydrogen (secondary N) is 4. The van der Waals surface area contributed by atoms with E-state index in [0.717, 1.165) is 22.0 Å². The summed E-state index contributed by atoms with van der Waals surface area (Å²) in [6.45, 7) is 4.36. The maximum Gasteiger partial charge on any atom is 0.326 e. The van der Waals surface area contributed by atoms with Gasteiger partial charge in [-0.3, -0.25) is 24.2 Å². The lowest BCUT2D eigenvalue weighted by Gasteiger charge is -2.31. The minimum absolute atomic E-state index is 0.00151. The van der Waals surface area contributed by atoms with Gasteiger partial charge in [0.25, 0.3) is 0 Å². The lowest BCUT2D eigenvalue weighted by atomic mass is 9.99. The molecule has 5 atom stereocenters. The Kier molecular flexibility index (Phi) is 14.1. The number of guanidine groups is 1. The first kappa shape index (κ1) is 39.3. The van der Waals surface area contributed by atoms with E-state index < -0.39 is 59.8 Å². The Morgan fingerprint density at radius 3 is 2.31 bits per heavy atom. The Hall–Kier alpha value is -5.44. The van der Waals surface area contributed by atoms with Crippen LogP contribution in [0.15, 0.2) is 65.8 Å². The molecule has 3 aromatic rings. The number of amides is 4. The molecule has 0 saturated carbocycles. The van der Waals surface area contributed by atoms with Gasteiger partial charge in [0.2, 0.25) is 23.6 Å². The van der Waals surface area contributed by atoms with Crippen molar-refractivity contribution in [2.75, 3.05) is 13.1 Å². The van der Waals surface area contributed by atoms with E-state index >= 15 is 0 Å². The van der Waals surface area contributed by atoms with Gasteiger partial charge in [0, 0.05) is 43.0 Å². The van der Waals surface area contributed by atoms with Crippen molar-refractivity contribution in [2.24, 2.45) is 28.1 Å². The Labute approximate surface area is 303 Å². The molecule has 2 aromatic carbocycles. The molecule has 0 aliphatic carbocycles. The van der Waals surface area contributed by atoms with Gasteiger partial charge in [0.05, 0.1) is 6.04 Å². The summed E-state index contributed by atoms with van der Waals surface area (Å²) in [4.78, 5) is 75.7. The minimum atomic E-state index is -1.20. The molecule has 1 aliphatic heterocycles. The van der Waals surface area contributed by atoms with Gasteiger partial charge < -0.3 is 48.1 Å². The van der Waals surface area contributed by atoms with Crippen LogP contribution in [0.2, 0.25) is 0 Å². The second-order valence-electron chi connectivity index (χ2n) is 13.6. The van der Waals surface area contributed by atoms with Gasteiger partial charge in [-0.25, -0.2) is 4.79 Å². The summed E-state index contributed by atoms with van der Waals surface area (Å²) >= 11 is 0. The number of aromatic amines is 1. The number of aromatic nitrogens is 1. The summed E-state index contributed by atoms with van der Waals surface area (Å²) in [6.07, 6.45) is 3.81. The van der Waals surface area contributed by atoms with Gasteiger partial charge in [-0.2, -0.15) is 0 Å². The van der Waals surface area contributed by atoms with Crippen LogP contribution >= 0.6 is 0 Å². The van der Waals surface area contributed by atoms with E-state index in [1.165, 1.54) is 4.90 Å². The van der Waals surface area contributed by atoms with Crippen molar-refractivity contribution in [1.29, 1.82) is 0 Å². The Morgan fingerprint density at radius 1 is 0.923 bits per heavy atom. The highest BCUT2D eigenvalue weighted by molar-refractivity contribution is 5.96. The fraction of sp³-hybridized carbons (Fsp3) is 0.459. The average Bonchev–Trinajstić information content (AvgIpc) is 3.77. The second-order valence-corrected chi connectivity index (χ2v) is 13.6. The number of hydrogen-bond donors (Lipinski definition) is 8. The number of carboxylic acids is 1. The van der Waals surface area contributed by atoms with Crippen LogP contribution in [-0.2, 0) is 36.8 Å². The highest BCUT2D eigenvalue weighted by Crippen LogP contribution is 2.23. The molecule has 11 N–H and O–H groups in total. The molecule has 52 heavy (non-hydrogen) atoms. The van der Waals surface area contributed by atoms with Crippen molar-refractivity contribution < 1.29 is 29.1 Å². The highest BCUT2D eigenvalue weighted by atomic mass is 16.4. The minimum Gasteiger partial charge on any atom is -0.480 e. The predicted octanol–water partition coefficient (Wildman–Crippen LogP) is 0.910. The third-order valence-electron chi connectivity index (χ3n) is 9.09. The van der Waals surface area contributed by atoms with Gasteiger partial charge in [0.15, 0.2) is 5.96 Å². The summed E-state index contributed by atoms with van der Waals surface area (Å²) in [6, 6.07) is 11.4. The number of carbonyl (C=O) groups excluding carboxylic acids is 4. The van der Waals surface area contributed by atoms with Crippen LogP contribution in [-0.4, -0.2) is 93.8 Å². The molecule has 4 amide bonds. The molecule has 0 bridgehead atoms. The summed E-state index contributed by atoms with van der Waals surface area (Å²) in [5, 5.41) is 19.1. The van der Waals surface area contributed by atoms with Crippen LogP contribution in [0.25, 0.3) is 10.9 Å². The fourth-order valence-electron chi connectivity index (χ4n) is 6.45. The van der Waals surface area contributed by atoms with Crippen LogP contribution in [0.3, 0.4) is 0 Å². The summed E-state index contributed by atoms with van der Waals surface area (Å²) in [5.41, 5.74) is 19.2. The molecule has 280 valence electrons. The molecule has 0 radical (unpaired) electrons. The molecular formula is C37H51N9O6. The van der Waals surface area contributed by atoms with E-state index in [9.17, 15) is 29.1 Å². The molecule has 2 heterocycles. The van der Waals surface area contributed by atoms with Gasteiger partial charge in [-0.15, -0.1) is 0 Å². The van der Waals surface area contributed by atoms with E-state index in [0.29, 0.717) is 25.8 Å². The third-order valence-corrected chi connectivity index (χ3v) is 9.09. The van der Waals surface area contributed by atoms with E-state index in [1.54, 1.807) is 30.5 Å². The Morgan fingerprint density at radius 2 is 1.62 bits per heavy atom. The average molecular weight is 718 g/mol. The molecule has 1 fully saturated rings. The molecule has 1 aliphatic rings. The number of fused-ring (bicyclic) bond motifs is 1. The summed E-state index contributed by atoms with van der Waals surface area (Å²) < 4.78 is 0. The molecule has 15 heteroatoms. The largest absolute Gasteiger partial charge is 0.480 e. The zero-order valence-electron chi connectivity index (χ0n) is 29.7. The number of aliphatic carboxylic acids is 1. The quantitative estimate of drug-likeness (QED) is 0.0528. The first-order valence-corrected chi connectivity index (χ1v) is 17.7. The fourth-order valence-corrected chi connectivity index (χ4v) is 6.45. The predicted molar refractivity (Wildman–Crippen MR) is 198 cm³/mol. The topological polar surface area (TPSA) is 251 Å². The maximum atomic E-state index is 14.4. The number of para-hydroxylation sites is 1. The highest BCUT2D eigenvalue weighted by Gasteiger charge is 2.40. The number of H-pyrrole nitrogens is 1. The van der Waals surface area contributed by atoms with E-state index in [-0.39, 0.29) is 44.1 Å². The van der Waals surface area contributed by atoms with E-state index in [1.807, 2.05) is 44.2 Å². The number of likely N-dealkylation sites (tertiary alicyclic amines) is 1. The van der Waals surface area contributed by atoms with Crippen LogP contribution in [0.4, 0.5) is 0 Å². The zero-order valence-corrected chi connectivity index (χ0v) is 29.7. The molecule has 1 aromatic heterocycles. The monoisotopic (exact) mass is 717 g/mol. The first-order chi connectivity index (χ1) is 24.8.